The van der Waals surface area contributed by atoms with Crippen LogP contribution in [0.1, 0.15) is 32.6 Å². The summed E-state index contributed by atoms with van der Waals surface area (Å²) in [6.45, 7) is 6.22. The van der Waals surface area contributed by atoms with Crippen molar-refractivity contribution >= 4 is 22.6 Å². The van der Waals surface area contributed by atoms with Crippen molar-refractivity contribution in [3.8, 4) is 0 Å². The summed E-state index contributed by atoms with van der Waals surface area (Å²) in [6.07, 6.45) is 4.70. The Bertz CT molecular complexity index is 802. The summed E-state index contributed by atoms with van der Waals surface area (Å²) in [7, 11) is 0. The number of nitrogens with one attached hydrogen (secondary N) is 2. The van der Waals surface area contributed by atoms with Gasteiger partial charge in [0.2, 0.25) is 5.91 Å². The number of hydrogen-bond donors (Lipinski definition) is 2. The number of fused-ring (bicyclic) bond motifs is 1. The van der Waals surface area contributed by atoms with Crippen molar-refractivity contribution in [1.82, 2.24) is 14.5 Å². The van der Waals surface area contributed by atoms with E-state index in [-0.39, 0.29) is 11.9 Å². The number of H-pyrrole nitrogens is 1. The Morgan fingerprint density at radius 2 is 2.00 bits per heavy atom. The standard InChI is InChI=1S/C18H22N4O/c1-12(2)10-17-20-15-7-6-14(11-16(15)21-17)19-18(23)13(3)22-8-4-5-9-22/h4-9,11-13H,10H2,1-3H3,(H,19,23)(H,20,21)/t13-/m0/s1. The molecule has 0 saturated heterocycles. The minimum atomic E-state index is -0.251. The van der Waals surface area contributed by atoms with Crippen LogP contribution >= 0.6 is 0 Å². The van der Waals surface area contributed by atoms with Gasteiger partial charge in [0, 0.05) is 24.5 Å². The summed E-state index contributed by atoms with van der Waals surface area (Å²) in [5.41, 5.74) is 2.66. The zero-order valence-corrected chi connectivity index (χ0v) is 13.7. The fourth-order valence-corrected chi connectivity index (χ4v) is 2.61. The number of aromatic amines is 1. The van der Waals surface area contributed by atoms with Gasteiger partial charge in [-0.3, -0.25) is 4.79 Å². The summed E-state index contributed by atoms with van der Waals surface area (Å²) in [5, 5.41) is 2.96. The van der Waals surface area contributed by atoms with Gasteiger partial charge in [-0.25, -0.2) is 4.98 Å². The summed E-state index contributed by atoms with van der Waals surface area (Å²) < 4.78 is 1.88. The van der Waals surface area contributed by atoms with Crippen molar-refractivity contribution in [2.45, 2.75) is 33.2 Å². The normalized spacial score (nSPS) is 12.7. The zero-order valence-electron chi connectivity index (χ0n) is 13.7. The van der Waals surface area contributed by atoms with Gasteiger partial charge in [0.25, 0.3) is 0 Å². The Kier molecular flexibility index (Phi) is 4.19. The molecular formula is C18H22N4O. The maximum atomic E-state index is 12.3. The molecule has 2 heterocycles. The topological polar surface area (TPSA) is 62.7 Å². The van der Waals surface area contributed by atoms with Crippen LogP contribution in [0.5, 0.6) is 0 Å². The number of hydrogen-bond acceptors (Lipinski definition) is 2. The van der Waals surface area contributed by atoms with Crippen molar-refractivity contribution in [3.05, 3.63) is 48.5 Å². The summed E-state index contributed by atoms with van der Waals surface area (Å²) in [6, 6.07) is 9.34. The molecule has 1 amide bonds. The van der Waals surface area contributed by atoms with Gasteiger partial charge in [-0.15, -0.1) is 0 Å². The number of anilines is 1. The Morgan fingerprint density at radius 1 is 1.26 bits per heavy atom. The highest BCUT2D eigenvalue weighted by Gasteiger charge is 2.14. The van der Waals surface area contributed by atoms with Gasteiger partial charge in [-0.2, -0.15) is 0 Å². The first-order valence-corrected chi connectivity index (χ1v) is 7.95. The highest BCUT2D eigenvalue weighted by Crippen LogP contribution is 2.19. The number of amides is 1. The van der Waals surface area contributed by atoms with Crippen LogP contribution in [0.2, 0.25) is 0 Å². The summed E-state index contributed by atoms with van der Waals surface area (Å²) >= 11 is 0. The molecule has 3 rings (SSSR count). The molecule has 0 spiro atoms. The SMILES string of the molecule is CC(C)Cc1nc2ccc(NC(=O)[C@H](C)n3cccc3)cc2[nH]1. The zero-order chi connectivity index (χ0) is 16.4. The molecule has 0 saturated carbocycles. The second-order valence-electron chi connectivity index (χ2n) is 6.31. The number of benzene rings is 1. The molecule has 2 N–H and O–H groups in total. The number of imidazole rings is 1. The number of nitrogens with zero attached hydrogens (tertiary/aromatic N) is 2. The van der Waals surface area contributed by atoms with Crippen LogP contribution in [0.3, 0.4) is 0 Å². The van der Waals surface area contributed by atoms with Crippen LogP contribution in [0, 0.1) is 5.92 Å². The molecular weight excluding hydrogens is 288 g/mol. The lowest BCUT2D eigenvalue weighted by molar-refractivity contribution is -0.118. The molecule has 1 aromatic carbocycles. The second-order valence-corrected chi connectivity index (χ2v) is 6.31. The van der Waals surface area contributed by atoms with Gasteiger partial charge in [0.05, 0.1) is 11.0 Å². The first-order valence-electron chi connectivity index (χ1n) is 7.95. The van der Waals surface area contributed by atoms with E-state index in [2.05, 4.69) is 29.1 Å². The molecule has 3 aromatic rings. The third-order valence-electron chi connectivity index (χ3n) is 3.85. The van der Waals surface area contributed by atoms with E-state index < -0.39 is 0 Å². The van der Waals surface area contributed by atoms with E-state index in [1.165, 1.54) is 0 Å². The third kappa shape index (κ3) is 3.44. The molecule has 0 aliphatic heterocycles. The van der Waals surface area contributed by atoms with E-state index in [0.29, 0.717) is 5.92 Å². The predicted molar refractivity (Wildman–Crippen MR) is 92.4 cm³/mol. The third-order valence-corrected chi connectivity index (χ3v) is 3.85. The minimum absolute atomic E-state index is 0.0394. The smallest absolute Gasteiger partial charge is 0.247 e. The first kappa shape index (κ1) is 15.3. The maximum absolute atomic E-state index is 12.3. The number of carbonyl (C=O) groups is 1. The first-order chi connectivity index (χ1) is 11.0. The van der Waals surface area contributed by atoms with E-state index in [9.17, 15) is 4.79 Å². The van der Waals surface area contributed by atoms with Gasteiger partial charge in [-0.05, 0) is 43.2 Å². The van der Waals surface area contributed by atoms with Gasteiger partial charge in [0.15, 0.2) is 0 Å². The highest BCUT2D eigenvalue weighted by atomic mass is 16.2. The van der Waals surface area contributed by atoms with E-state index >= 15 is 0 Å². The Balaban J connectivity index is 1.76. The van der Waals surface area contributed by atoms with Crippen molar-refractivity contribution in [1.29, 1.82) is 0 Å². The number of aromatic nitrogens is 3. The fourth-order valence-electron chi connectivity index (χ4n) is 2.61. The number of carbonyl (C=O) groups excluding carboxylic acids is 1. The summed E-state index contributed by atoms with van der Waals surface area (Å²) in [4.78, 5) is 20.2. The van der Waals surface area contributed by atoms with Crippen molar-refractivity contribution in [2.75, 3.05) is 5.32 Å². The van der Waals surface area contributed by atoms with Crippen LogP contribution in [-0.2, 0) is 11.2 Å². The Labute approximate surface area is 135 Å². The largest absolute Gasteiger partial charge is 0.342 e. The van der Waals surface area contributed by atoms with Crippen molar-refractivity contribution in [2.24, 2.45) is 5.92 Å². The second kappa shape index (κ2) is 6.28. The Hall–Kier alpha value is -2.56. The van der Waals surface area contributed by atoms with E-state index in [0.717, 1.165) is 29.0 Å². The lowest BCUT2D eigenvalue weighted by atomic mass is 10.1. The average molecular weight is 310 g/mol. The molecule has 0 radical (unpaired) electrons. The van der Waals surface area contributed by atoms with Crippen molar-refractivity contribution in [3.63, 3.8) is 0 Å². The molecule has 1 atom stereocenters. The molecule has 0 aliphatic carbocycles. The quantitative estimate of drug-likeness (QED) is 0.753. The average Bonchev–Trinajstić information content (AvgIpc) is 3.13. The van der Waals surface area contributed by atoms with E-state index in [1.54, 1.807) is 0 Å². The molecule has 0 bridgehead atoms. The molecule has 5 nitrogen and oxygen atoms in total. The lowest BCUT2D eigenvalue weighted by Gasteiger charge is -2.13. The maximum Gasteiger partial charge on any atom is 0.247 e. The van der Waals surface area contributed by atoms with Gasteiger partial charge < -0.3 is 14.9 Å². The van der Waals surface area contributed by atoms with Crippen LogP contribution in [-0.4, -0.2) is 20.4 Å². The number of rotatable bonds is 5. The molecule has 0 fully saturated rings. The van der Waals surface area contributed by atoms with E-state index in [1.807, 2.05) is 54.2 Å². The molecule has 5 heteroatoms. The molecule has 0 aliphatic rings. The predicted octanol–water partition coefficient (Wildman–Crippen LogP) is 3.76. The molecule has 120 valence electrons. The van der Waals surface area contributed by atoms with Crippen LogP contribution in [0.25, 0.3) is 11.0 Å². The monoisotopic (exact) mass is 310 g/mol. The summed E-state index contributed by atoms with van der Waals surface area (Å²) in [5.74, 6) is 1.50. The van der Waals surface area contributed by atoms with Crippen LogP contribution < -0.4 is 5.32 Å². The minimum Gasteiger partial charge on any atom is -0.342 e. The van der Waals surface area contributed by atoms with Gasteiger partial charge in [-0.1, -0.05) is 13.8 Å². The Morgan fingerprint density at radius 3 is 2.70 bits per heavy atom. The lowest BCUT2D eigenvalue weighted by Crippen LogP contribution is -2.22. The van der Waals surface area contributed by atoms with E-state index in [4.69, 9.17) is 0 Å². The fraction of sp³-hybridized carbons (Fsp3) is 0.333. The van der Waals surface area contributed by atoms with Gasteiger partial charge in [0.1, 0.15) is 11.9 Å². The van der Waals surface area contributed by atoms with Crippen LogP contribution in [0.4, 0.5) is 5.69 Å². The van der Waals surface area contributed by atoms with Gasteiger partial charge >= 0.3 is 0 Å². The van der Waals surface area contributed by atoms with Crippen LogP contribution in [0.15, 0.2) is 42.7 Å². The highest BCUT2D eigenvalue weighted by molar-refractivity contribution is 5.95. The molecule has 23 heavy (non-hydrogen) atoms. The molecule has 0 unspecified atom stereocenters. The molecule has 2 aromatic heterocycles. The van der Waals surface area contributed by atoms with Crippen molar-refractivity contribution < 1.29 is 4.79 Å².